The second-order valence-corrected chi connectivity index (χ2v) is 5.23. The van der Waals surface area contributed by atoms with Crippen LogP contribution < -0.4 is 0 Å². The van der Waals surface area contributed by atoms with Crippen molar-refractivity contribution in [3.8, 4) is 0 Å². The minimum absolute atomic E-state index is 0.103. The zero-order chi connectivity index (χ0) is 13.5. The van der Waals surface area contributed by atoms with Crippen molar-refractivity contribution >= 4 is 12.4 Å². The van der Waals surface area contributed by atoms with Crippen LogP contribution in [0.15, 0.2) is 0 Å². The molecule has 0 rings (SSSR count). The summed E-state index contributed by atoms with van der Waals surface area (Å²) >= 11 is 0. The topological polar surface area (TPSA) is 46.6 Å². The Bertz CT molecular complexity index is 242. The van der Waals surface area contributed by atoms with Crippen molar-refractivity contribution in [1.82, 2.24) is 4.90 Å². The molecule has 1 amide bonds. The molecule has 0 saturated heterocycles. The molecule has 0 atom stereocenters. The summed E-state index contributed by atoms with van der Waals surface area (Å²) in [5.41, 5.74) is -0.522. The fourth-order valence-corrected chi connectivity index (χ4v) is 1.50. The lowest BCUT2D eigenvalue weighted by atomic mass is 10.0. The zero-order valence-electron chi connectivity index (χ0n) is 11.7. The molecular formula is C13H25NO3. The molecule has 0 unspecified atom stereocenters. The predicted octanol–water partition coefficient (Wildman–Crippen LogP) is 2.86. The smallest absolute Gasteiger partial charge is 0.410 e. The number of carbonyl (C=O) groups excluding carboxylic acids is 2. The van der Waals surface area contributed by atoms with Crippen LogP contribution >= 0.6 is 0 Å². The standard InChI is InChI=1S/C13H25NO3/c1-6-11(7-2)10-14(8-9-15)12(16)17-13(3,4)5/h9,11H,6-8,10H2,1-5H3. The van der Waals surface area contributed by atoms with E-state index in [0.717, 1.165) is 19.1 Å². The Labute approximate surface area is 104 Å². The molecular weight excluding hydrogens is 218 g/mol. The number of aldehydes is 1. The van der Waals surface area contributed by atoms with Crippen LogP contribution in [0.2, 0.25) is 0 Å². The number of ether oxygens (including phenoxy) is 1. The Morgan fingerprint density at radius 3 is 2.18 bits per heavy atom. The van der Waals surface area contributed by atoms with Gasteiger partial charge in [0, 0.05) is 6.54 Å². The predicted molar refractivity (Wildman–Crippen MR) is 67.9 cm³/mol. The molecule has 0 bridgehead atoms. The molecule has 0 aromatic heterocycles. The molecule has 0 radical (unpaired) electrons. The van der Waals surface area contributed by atoms with Crippen molar-refractivity contribution in [2.75, 3.05) is 13.1 Å². The maximum absolute atomic E-state index is 11.9. The van der Waals surface area contributed by atoms with Gasteiger partial charge in [-0.1, -0.05) is 26.7 Å². The second kappa shape index (κ2) is 7.30. The third kappa shape index (κ3) is 6.97. The van der Waals surface area contributed by atoms with E-state index in [1.165, 1.54) is 4.90 Å². The van der Waals surface area contributed by atoms with Crippen LogP contribution in [0.25, 0.3) is 0 Å². The second-order valence-electron chi connectivity index (χ2n) is 5.23. The first-order valence-corrected chi connectivity index (χ1v) is 6.25. The van der Waals surface area contributed by atoms with Gasteiger partial charge in [-0.2, -0.15) is 0 Å². The van der Waals surface area contributed by atoms with Gasteiger partial charge in [-0.05, 0) is 26.7 Å². The number of hydrogen-bond acceptors (Lipinski definition) is 3. The van der Waals surface area contributed by atoms with Gasteiger partial charge >= 0.3 is 6.09 Å². The highest BCUT2D eigenvalue weighted by atomic mass is 16.6. The Morgan fingerprint density at radius 1 is 1.29 bits per heavy atom. The highest BCUT2D eigenvalue weighted by molar-refractivity contribution is 5.71. The van der Waals surface area contributed by atoms with Gasteiger partial charge in [0.2, 0.25) is 0 Å². The van der Waals surface area contributed by atoms with E-state index >= 15 is 0 Å². The summed E-state index contributed by atoms with van der Waals surface area (Å²) in [6, 6.07) is 0. The van der Waals surface area contributed by atoms with Crippen LogP contribution in [-0.4, -0.2) is 36.0 Å². The molecule has 0 aromatic carbocycles. The third-order valence-electron chi connectivity index (χ3n) is 2.58. The van der Waals surface area contributed by atoms with E-state index in [0.29, 0.717) is 12.5 Å². The summed E-state index contributed by atoms with van der Waals surface area (Å²) in [5.74, 6) is 0.419. The van der Waals surface area contributed by atoms with Crippen molar-refractivity contribution in [3.63, 3.8) is 0 Å². The van der Waals surface area contributed by atoms with Gasteiger partial charge in [0.1, 0.15) is 11.9 Å². The monoisotopic (exact) mass is 243 g/mol. The maximum atomic E-state index is 11.9. The van der Waals surface area contributed by atoms with Crippen molar-refractivity contribution in [1.29, 1.82) is 0 Å². The fraction of sp³-hybridized carbons (Fsp3) is 0.846. The average Bonchev–Trinajstić information content (AvgIpc) is 2.21. The van der Waals surface area contributed by atoms with Crippen LogP contribution in [0.3, 0.4) is 0 Å². The first-order chi connectivity index (χ1) is 7.84. The molecule has 17 heavy (non-hydrogen) atoms. The van der Waals surface area contributed by atoms with E-state index in [-0.39, 0.29) is 6.54 Å². The molecule has 0 N–H and O–H groups in total. The van der Waals surface area contributed by atoms with Gasteiger partial charge in [0.25, 0.3) is 0 Å². The molecule has 0 spiro atoms. The van der Waals surface area contributed by atoms with E-state index in [1.54, 1.807) is 0 Å². The van der Waals surface area contributed by atoms with Crippen LogP contribution in [0, 0.1) is 5.92 Å². The molecule has 0 heterocycles. The van der Waals surface area contributed by atoms with Crippen molar-refractivity contribution in [2.24, 2.45) is 5.92 Å². The van der Waals surface area contributed by atoms with E-state index in [4.69, 9.17) is 4.74 Å². The van der Waals surface area contributed by atoms with Gasteiger partial charge < -0.3 is 14.4 Å². The number of carbonyl (C=O) groups is 2. The van der Waals surface area contributed by atoms with Gasteiger partial charge in [-0.25, -0.2) is 4.79 Å². The molecule has 0 saturated carbocycles. The van der Waals surface area contributed by atoms with Gasteiger partial charge in [-0.15, -0.1) is 0 Å². The van der Waals surface area contributed by atoms with E-state index in [9.17, 15) is 9.59 Å². The zero-order valence-corrected chi connectivity index (χ0v) is 11.7. The summed E-state index contributed by atoms with van der Waals surface area (Å²) in [6.45, 7) is 10.3. The van der Waals surface area contributed by atoms with Crippen molar-refractivity contribution < 1.29 is 14.3 Å². The van der Waals surface area contributed by atoms with Crippen molar-refractivity contribution in [2.45, 2.75) is 53.1 Å². The molecule has 0 aromatic rings. The Hall–Kier alpha value is -1.06. The molecule has 0 aliphatic carbocycles. The minimum Gasteiger partial charge on any atom is -0.444 e. The highest BCUT2D eigenvalue weighted by Gasteiger charge is 2.23. The molecule has 4 nitrogen and oxygen atoms in total. The van der Waals surface area contributed by atoms with Crippen LogP contribution in [0.1, 0.15) is 47.5 Å². The SMILES string of the molecule is CCC(CC)CN(CC=O)C(=O)OC(C)(C)C. The highest BCUT2D eigenvalue weighted by Crippen LogP contribution is 2.14. The minimum atomic E-state index is -0.522. The third-order valence-corrected chi connectivity index (χ3v) is 2.58. The number of nitrogens with zero attached hydrogens (tertiary/aromatic N) is 1. The number of amides is 1. The Kier molecular flexibility index (Phi) is 6.85. The first-order valence-electron chi connectivity index (χ1n) is 6.25. The summed E-state index contributed by atoms with van der Waals surface area (Å²) in [4.78, 5) is 23.9. The molecule has 0 aliphatic heterocycles. The van der Waals surface area contributed by atoms with Gasteiger partial charge in [-0.3, -0.25) is 0 Å². The van der Waals surface area contributed by atoms with E-state index in [1.807, 2.05) is 20.8 Å². The van der Waals surface area contributed by atoms with Gasteiger partial charge in [0.05, 0.1) is 6.54 Å². The van der Waals surface area contributed by atoms with E-state index in [2.05, 4.69) is 13.8 Å². The normalized spacial score (nSPS) is 11.4. The first kappa shape index (κ1) is 15.9. The van der Waals surface area contributed by atoms with Crippen LogP contribution in [0.5, 0.6) is 0 Å². The summed E-state index contributed by atoms with van der Waals surface area (Å²) < 4.78 is 5.27. The average molecular weight is 243 g/mol. The van der Waals surface area contributed by atoms with E-state index < -0.39 is 11.7 Å². The Morgan fingerprint density at radius 2 is 1.82 bits per heavy atom. The number of rotatable bonds is 6. The lowest BCUT2D eigenvalue weighted by molar-refractivity contribution is -0.109. The number of hydrogen-bond donors (Lipinski definition) is 0. The van der Waals surface area contributed by atoms with Crippen LogP contribution in [0.4, 0.5) is 4.79 Å². The molecule has 0 fully saturated rings. The lowest BCUT2D eigenvalue weighted by Crippen LogP contribution is -2.40. The van der Waals surface area contributed by atoms with Crippen molar-refractivity contribution in [3.05, 3.63) is 0 Å². The fourth-order valence-electron chi connectivity index (χ4n) is 1.50. The Balaban J connectivity index is 4.50. The summed E-state index contributed by atoms with van der Waals surface area (Å²) in [7, 11) is 0. The largest absolute Gasteiger partial charge is 0.444 e. The molecule has 4 heteroatoms. The lowest BCUT2D eigenvalue weighted by Gasteiger charge is -2.28. The quantitative estimate of drug-likeness (QED) is 0.674. The van der Waals surface area contributed by atoms with Crippen LogP contribution in [-0.2, 0) is 9.53 Å². The summed E-state index contributed by atoms with van der Waals surface area (Å²) in [6.07, 6.45) is 2.33. The van der Waals surface area contributed by atoms with Gasteiger partial charge in [0.15, 0.2) is 0 Å². The molecule has 100 valence electrons. The summed E-state index contributed by atoms with van der Waals surface area (Å²) in [5, 5.41) is 0. The molecule has 0 aliphatic rings. The maximum Gasteiger partial charge on any atom is 0.410 e.